The number of nitrogens with one attached hydrogen (secondary N) is 2. The van der Waals surface area contributed by atoms with Gasteiger partial charge >= 0.3 is 0 Å². The Balaban J connectivity index is 2.10. The summed E-state index contributed by atoms with van der Waals surface area (Å²) in [5.74, 6) is 0.829. The Hall–Kier alpha value is -1.35. The van der Waals surface area contributed by atoms with Crippen LogP contribution < -0.4 is 10.6 Å². The highest BCUT2D eigenvalue weighted by Crippen LogP contribution is 2.28. The van der Waals surface area contributed by atoms with Crippen molar-refractivity contribution in [2.24, 2.45) is 11.8 Å². The maximum Gasteiger partial charge on any atom is 0.224 e. The van der Waals surface area contributed by atoms with E-state index in [-0.39, 0.29) is 17.9 Å². The molecule has 1 amide bonds. The average Bonchev–Trinajstić information content (AvgIpc) is 2.56. The minimum absolute atomic E-state index is 0.124. The van der Waals surface area contributed by atoms with Crippen LogP contribution in [-0.2, 0) is 4.79 Å². The van der Waals surface area contributed by atoms with Crippen molar-refractivity contribution in [1.29, 1.82) is 0 Å². The van der Waals surface area contributed by atoms with Crippen molar-refractivity contribution < 1.29 is 4.79 Å². The second kappa shape index (κ2) is 8.18. The lowest BCUT2D eigenvalue weighted by Crippen LogP contribution is -2.43. The molecule has 0 aliphatic carbocycles. The molecule has 1 aromatic rings. The van der Waals surface area contributed by atoms with E-state index >= 15 is 0 Å². The van der Waals surface area contributed by atoms with E-state index in [0.29, 0.717) is 5.92 Å². The smallest absolute Gasteiger partial charge is 0.224 e. The normalized spacial score (nSPS) is 20.2. The molecule has 21 heavy (non-hydrogen) atoms. The summed E-state index contributed by atoms with van der Waals surface area (Å²) in [6.45, 7) is 6.27. The third-order valence-electron chi connectivity index (χ3n) is 4.64. The van der Waals surface area contributed by atoms with E-state index in [0.717, 1.165) is 38.8 Å². The quantitative estimate of drug-likeness (QED) is 0.843. The maximum absolute atomic E-state index is 12.6. The first kappa shape index (κ1) is 16.0. The van der Waals surface area contributed by atoms with Crippen LogP contribution in [-0.4, -0.2) is 19.0 Å². The number of carbonyl (C=O) groups excluding carboxylic acids is 1. The lowest BCUT2D eigenvalue weighted by molar-refractivity contribution is -0.126. The lowest BCUT2D eigenvalue weighted by Gasteiger charge is -2.30. The summed E-state index contributed by atoms with van der Waals surface area (Å²) in [4.78, 5) is 12.6. The van der Waals surface area contributed by atoms with Crippen molar-refractivity contribution in [3.63, 3.8) is 0 Å². The third-order valence-corrected chi connectivity index (χ3v) is 4.64. The second-order valence-corrected chi connectivity index (χ2v) is 6.02. The highest BCUT2D eigenvalue weighted by atomic mass is 16.2. The van der Waals surface area contributed by atoms with Gasteiger partial charge in [0.1, 0.15) is 0 Å². The Morgan fingerprint density at radius 2 is 2.00 bits per heavy atom. The summed E-state index contributed by atoms with van der Waals surface area (Å²) in [6, 6.07) is 10.5. The highest BCUT2D eigenvalue weighted by Gasteiger charge is 2.27. The molecule has 0 spiro atoms. The van der Waals surface area contributed by atoms with E-state index in [4.69, 9.17) is 0 Å². The molecule has 2 N–H and O–H groups in total. The van der Waals surface area contributed by atoms with Gasteiger partial charge in [0.15, 0.2) is 0 Å². The van der Waals surface area contributed by atoms with E-state index in [1.807, 2.05) is 6.07 Å². The van der Waals surface area contributed by atoms with Gasteiger partial charge in [-0.1, -0.05) is 57.0 Å². The van der Waals surface area contributed by atoms with Crippen LogP contribution in [0, 0.1) is 11.8 Å². The van der Waals surface area contributed by atoms with Gasteiger partial charge in [0.05, 0.1) is 12.0 Å². The topological polar surface area (TPSA) is 41.1 Å². The molecule has 1 fully saturated rings. The van der Waals surface area contributed by atoms with E-state index in [9.17, 15) is 4.79 Å². The fourth-order valence-corrected chi connectivity index (χ4v) is 3.24. The molecular weight excluding hydrogens is 260 g/mol. The first-order chi connectivity index (χ1) is 10.3. The number of rotatable bonds is 6. The Bertz CT molecular complexity index is 422. The number of piperidine rings is 1. The van der Waals surface area contributed by atoms with Gasteiger partial charge in [-0.15, -0.1) is 0 Å². The zero-order valence-electron chi connectivity index (χ0n) is 13.3. The van der Waals surface area contributed by atoms with E-state index in [2.05, 4.69) is 48.7 Å². The molecule has 0 radical (unpaired) electrons. The molecular formula is C18H28N2O. The lowest BCUT2D eigenvalue weighted by atomic mass is 9.88. The Kier molecular flexibility index (Phi) is 6.24. The van der Waals surface area contributed by atoms with Crippen LogP contribution in [0.3, 0.4) is 0 Å². The standard InChI is InChI=1S/C18H28N2O/c1-3-14(4-2)17(15-9-6-5-7-10-15)20-18(21)16-11-8-12-19-13-16/h5-7,9-10,14,16-17,19H,3-4,8,11-13H2,1-2H3,(H,20,21)/t16-,17?/m0/s1. The molecule has 1 heterocycles. The SMILES string of the molecule is CCC(CC)C(NC(=O)[C@H]1CCCNC1)c1ccccc1. The number of hydrogen-bond donors (Lipinski definition) is 2. The number of amides is 1. The Morgan fingerprint density at radius 3 is 2.57 bits per heavy atom. The van der Waals surface area contributed by atoms with E-state index < -0.39 is 0 Å². The maximum atomic E-state index is 12.6. The van der Waals surface area contributed by atoms with Crippen molar-refractivity contribution in [1.82, 2.24) is 10.6 Å². The van der Waals surface area contributed by atoms with Gasteiger partial charge in [-0.3, -0.25) is 4.79 Å². The number of benzene rings is 1. The fraction of sp³-hybridized carbons (Fsp3) is 0.611. The highest BCUT2D eigenvalue weighted by molar-refractivity contribution is 5.79. The van der Waals surface area contributed by atoms with Crippen LogP contribution in [0.2, 0.25) is 0 Å². The van der Waals surface area contributed by atoms with Gasteiger partial charge in [0, 0.05) is 6.54 Å². The number of hydrogen-bond acceptors (Lipinski definition) is 2. The molecule has 0 saturated carbocycles. The Labute approximate surface area is 128 Å². The molecule has 3 nitrogen and oxygen atoms in total. The first-order valence-corrected chi connectivity index (χ1v) is 8.32. The summed E-state index contributed by atoms with van der Waals surface area (Å²) in [7, 11) is 0. The molecule has 3 heteroatoms. The second-order valence-electron chi connectivity index (χ2n) is 6.02. The fourth-order valence-electron chi connectivity index (χ4n) is 3.24. The molecule has 2 atom stereocenters. The summed E-state index contributed by atoms with van der Waals surface area (Å²) >= 11 is 0. The largest absolute Gasteiger partial charge is 0.349 e. The minimum Gasteiger partial charge on any atom is -0.349 e. The molecule has 1 aliphatic rings. The molecule has 1 saturated heterocycles. The van der Waals surface area contributed by atoms with Gasteiger partial charge in [-0.05, 0) is 30.9 Å². The van der Waals surface area contributed by atoms with Crippen LogP contribution in [0.4, 0.5) is 0 Å². The number of carbonyl (C=O) groups is 1. The van der Waals surface area contributed by atoms with Crippen molar-refractivity contribution >= 4 is 5.91 Å². The van der Waals surface area contributed by atoms with Gasteiger partial charge in [0.25, 0.3) is 0 Å². The van der Waals surface area contributed by atoms with Crippen molar-refractivity contribution in [2.45, 2.75) is 45.6 Å². The monoisotopic (exact) mass is 288 g/mol. The predicted octanol–water partition coefficient (Wildman–Crippen LogP) is 3.28. The molecule has 1 unspecified atom stereocenters. The molecule has 0 bridgehead atoms. The van der Waals surface area contributed by atoms with E-state index in [1.165, 1.54) is 5.56 Å². The van der Waals surface area contributed by atoms with Crippen LogP contribution in [0.25, 0.3) is 0 Å². The Morgan fingerprint density at radius 1 is 1.29 bits per heavy atom. The first-order valence-electron chi connectivity index (χ1n) is 8.32. The molecule has 1 aromatic carbocycles. The summed E-state index contributed by atoms with van der Waals surface area (Å²) in [6.07, 6.45) is 4.26. The van der Waals surface area contributed by atoms with Crippen molar-refractivity contribution in [2.75, 3.05) is 13.1 Å². The third kappa shape index (κ3) is 4.31. The summed E-state index contributed by atoms with van der Waals surface area (Å²) in [5, 5.41) is 6.65. The van der Waals surface area contributed by atoms with Gasteiger partial charge in [0.2, 0.25) is 5.91 Å². The summed E-state index contributed by atoms with van der Waals surface area (Å²) in [5.41, 5.74) is 1.23. The summed E-state index contributed by atoms with van der Waals surface area (Å²) < 4.78 is 0. The van der Waals surface area contributed by atoms with Crippen LogP contribution in [0.15, 0.2) is 30.3 Å². The van der Waals surface area contributed by atoms with Gasteiger partial charge in [-0.2, -0.15) is 0 Å². The van der Waals surface area contributed by atoms with Crippen molar-refractivity contribution in [3.05, 3.63) is 35.9 Å². The van der Waals surface area contributed by atoms with E-state index in [1.54, 1.807) is 0 Å². The zero-order chi connectivity index (χ0) is 15.1. The predicted molar refractivity (Wildman–Crippen MR) is 87.0 cm³/mol. The molecule has 0 aromatic heterocycles. The van der Waals surface area contributed by atoms with Gasteiger partial charge in [-0.25, -0.2) is 0 Å². The van der Waals surface area contributed by atoms with Crippen LogP contribution in [0.1, 0.15) is 51.1 Å². The zero-order valence-corrected chi connectivity index (χ0v) is 13.3. The van der Waals surface area contributed by atoms with Crippen molar-refractivity contribution in [3.8, 4) is 0 Å². The van der Waals surface area contributed by atoms with Gasteiger partial charge < -0.3 is 10.6 Å². The minimum atomic E-state index is 0.124. The molecule has 1 aliphatic heterocycles. The molecule has 116 valence electrons. The van der Waals surface area contributed by atoms with Crippen LogP contribution >= 0.6 is 0 Å². The average molecular weight is 288 g/mol. The molecule has 2 rings (SSSR count). The van der Waals surface area contributed by atoms with Crippen LogP contribution in [0.5, 0.6) is 0 Å².